The molecule has 0 spiro atoms. The fourth-order valence-corrected chi connectivity index (χ4v) is 3.65. The van der Waals surface area contributed by atoms with Gasteiger partial charge in [0, 0.05) is 17.1 Å². The molecular formula is C22H19ClN2O. The van der Waals surface area contributed by atoms with Crippen LogP contribution in [0.15, 0.2) is 79.0 Å². The molecule has 3 nitrogen and oxygen atoms in total. The Morgan fingerprint density at radius 3 is 2.46 bits per heavy atom. The maximum absolute atomic E-state index is 12.9. The smallest absolute Gasteiger partial charge is 0.224 e. The molecule has 1 N–H and O–H groups in total. The highest BCUT2D eigenvalue weighted by atomic mass is 35.5. The molecule has 4 rings (SSSR count). The molecule has 1 aliphatic carbocycles. The standard InChI is InChI=1S/C22H19ClN2O/c23-19-11-5-4-10-16(19)17-14-18(17)22(26)25-21(15-8-2-1-3-9-15)20-12-6-7-13-24-20/h1-13,17-18,21H,14H2,(H,25,26). The fraction of sp³-hybridized carbons (Fsp3) is 0.182. The van der Waals surface area contributed by atoms with Crippen molar-refractivity contribution in [3.63, 3.8) is 0 Å². The number of carbonyl (C=O) groups is 1. The first kappa shape index (κ1) is 16.8. The van der Waals surface area contributed by atoms with E-state index in [0.717, 1.165) is 28.3 Å². The second kappa shape index (κ2) is 7.30. The average molecular weight is 363 g/mol. The fourth-order valence-electron chi connectivity index (χ4n) is 3.37. The summed E-state index contributed by atoms with van der Waals surface area (Å²) in [6, 6.07) is 23.2. The molecule has 1 heterocycles. The molecular weight excluding hydrogens is 344 g/mol. The topological polar surface area (TPSA) is 42.0 Å². The Balaban J connectivity index is 1.54. The van der Waals surface area contributed by atoms with Gasteiger partial charge in [-0.15, -0.1) is 0 Å². The Labute approximate surface area is 158 Å². The summed E-state index contributed by atoms with van der Waals surface area (Å²) in [6.45, 7) is 0. The predicted octanol–water partition coefficient (Wildman–Crippen LogP) is 4.74. The van der Waals surface area contributed by atoms with Gasteiger partial charge in [-0.3, -0.25) is 9.78 Å². The minimum Gasteiger partial charge on any atom is -0.343 e. The highest BCUT2D eigenvalue weighted by molar-refractivity contribution is 6.31. The summed E-state index contributed by atoms with van der Waals surface area (Å²) in [5.41, 5.74) is 2.92. The summed E-state index contributed by atoms with van der Waals surface area (Å²) in [4.78, 5) is 17.3. The van der Waals surface area contributed by atoms with Gasteiger partial charge >= 0.3 is 0 Å². The third-order valence-corrected chi connectivity index (χ3v) is 5.18. The second-order valence-corrected chi connectivity index (χ2v) is 6.98. The van der Waals surface area contributed by atoms with Crippen molar-refractivity contribution < 1.29 is 4.79 Å². The lowest BCUT2D eigenvalue weighted by Crippen LogP contribution is -2.31. The Morgan fingerprint density at radius 1 is 1.00 bits per heavy atom. The molecule has 1 amide bonds. The molecule has 3 atom stereocenters. The molecule has 1 aliphatic rings. The zero-order valence-corrected chi connectivity index (χ0v) is 14.9. The molecule has 130 valence electrons. The van der Waals surface area contributed by atoms with E-state index >= 15 is 0 Å². The van der Waals surface area contributed by atoms with Crippen molar-refractivity contribution in [1.82, 2.24) is 10.3 Å². The number of hydrogen-bond acceptors (Lipinski definition) is 2. The van der Waals surface area contributed by atoms with Crippen LogP contribution in [-0.2, 0) is 4.79 Å². The van der Waals surface area contributed by atoms with Crippen LogP contribution in [0.5, 0.6) is 0 Å². The maximum Gasteiger partial charge on any atom is 0.224 e. The number of nitrogens with zero attached hydrogens (tertiary/aromatic N) is 1. The normalized spacial score (nSPS) is 19.6. The van der Waals surface area contributed by atoms with Gasteiger partial charge in [-0.1, -0.05) is 66.2 Å². The van der Waals surface area contributed by atoms with Crippen LogP contribution in [0.25, 0.3) is 0 Å². The molecule has 0 saturated heterocycles. The van der Waals surface area contributed by atoms with E-state index in [2.05, 4.69) is 10.3 Å². The van der Waals surface area contributed by atoms with Crippen LogP contribution in [0.3, 0.4) is 0 Å². The molecule has 0 aliphatic heterocycles. The van der Waals surface area contributed by atoms with Crippen molar-refractivity contribution in [2.75, 3.05) is 0 Å². The summed E-state index contributed by atoms with van der Waals surface area (Å²) in [7, 11) is 0. The molecule has 1 aromatic heterocycles. The van der Waals surface area contributed by atoms with Gasteiger partial charge < -0.3 is 5.32 Å². The van der Waals surface area contributed by atoms with E-state index in [9.17, 15) is 4.79 Å². The van der Waals surface area contributed by atoms with Gasteiger partial charge in [0.2, 0.25) is 5.91 Å². The van der Waals surface area contributed by atoms with Gasteiger partial charge in [0.05, 0.1) is 11.7 Å². The lowest BCUT2D eigenvalue weighted by Gasteiger charge is -2.19. The maximum atomic E-state index is 12.9. The van der Waals surface area contributed by atoms with Crippen LogP contribution in [0, 0.1) is 5.92 Å². The second-order valence-electron chi connectivity index (χ2n) is 6.58. The number of aromatic nitrogens is 1. The van der Waals surface area contributed by atoms with E-state index in [1.807, 2.05) is 72.8 Å². The monoisotopic (exact) mass is 362 g/mol. The molecule has 0 radical (unpaired) electrons. The Kier molecular flexibility index (Phi) is 4.72. The Bertz CT molecular complexity index is 859. The Morgan fingerprint density at radius 2 is 1.73 bits per heavy atom. The number of carbonyl (C=O) groups excluding carboxylic acids is 1. The summed E-state index contributed by atoms with van der Waals surface area (Å²) in [5, 5.41) is 3.92. The van der Waals surface area contributed by atoms with E-state index in [4.69, 9.17) is 11.6 Å². The van der Waals surface area contributed by atoms with Crippen LogP contribution < -0.4 is 5.32 Å². The first-order valence-corrected chi connectivity index (χ1v) is 9.12. The number of nitrogens with one attached hydrogen (secondary N) is 1. The highest BCUT2D eigenvalue weighted by Crippen LogP contribution is 2.49. The van der Waals surface area contributed by atoms with Crippen LogP contribution >= 0.6 is 11.6 Å². The van der Waals surface area contributed by atoms with Crippen LogP contribution in [0.4, 0.5) is 0 Å². The molecule has 26 heavy (non-hydrogen) atoms. The highest BCUT2D eigenvalue weighted by Gasteiger charge is 2.45. The lowest BCUT2D eigenvalue weighted by atomic mass is 10.0. The molecule has 0 bridgehead atoms. The SMILES string of the molecule is O=C(NC(c1ccccc1)c1ccccn1)C1CC1c1ccccc1Cl. The summed E-state index contributed by atoms with van der Waals surface area (Å²) in [6.07, 6.45) is 2.58. The van der Waals surface area contributed by atoms with E-state index in [-0.39, 0.29) is 23.8 Å². The first-order chi connectivity index (χ1) is 12.7. The third-order valence-electron chi connectivity index (χ3n) is 4.83. The van der Waals surface area contributed by atoms with E-state index in [1.165, 1.54) is 0 Å². The summed E-state index contributed by atoms with van der Waals surface area (Å²) in [5.74, 6) is 0.211. The minimum atomic E-state index is -0.252. The van der Waals surface area contributed by atoms with Crippen molar-refractivity contribution in [1.29, 1.82) is 0 Å². The van der Waals surface area contributed by atoms with Crippen molar-refractivity contribution in [2.24, 2.45) is 5.92 Å². The van der Waals surface area contributed by atoms with E-state index in [1.54, 1.807) is 6.20 Å². The van der Waals surface area contributed by atoms with E-state index in [0.29, 0.717) is 0 Å². The number of pyridine rings is 1. The quantitative estimate of drug-likeness (QED) is 0.712. The van der Waals surface area contributed by atoms with Gasteiger partial charge in [0.25, 0.3) is 0 Å². The number of hydrogen-bond donors (Lipinski definition) is 1. The summed E-state index contributed by atoms with van der Waals surface area (Å²) < 4.78 is 0. The number of amides is 1. The van der Waals surface area contributed by atoms with E-state index < -0.39 is 0 Å². The van der Waals surface area contributed by atoms with Crippen molar-refractivity contribution in [3.8, 4) is 0 Å². The third kappa shape index (κ3) is 3.49. The predicted molar refractivity (Wildman–Crippen MR) is 103 cm³/mol. The molecule has 3 aromatic rings. The average Bonchev–Trinajstić information content (AvgIpc) is 3.48. The van der Waals surface area contributed by atoms with Gasteiger partial charge in [-0.2, -0.15) is 0 Å². The molecule has 1 fully saturated rings. The number of halogens is 1. The number of benzene rings is 2. The molecule has 4 heteroatoms. The molecule has 1 saturated carbocycles. The van der Waals surface area contributed by atoms with Gasteiger partial charge in [0.15, 0.2) is 0 Å². The van der Waals surface area contributed by atoms with Crippen molar-refractivity contribution in [3.05, 3.63) is 101 Å². The number of rotatable bonds is 5. The first-order valence-electron chi connectivity index (χ1n) is 8.74. The van der Waals surface area contributed by atoms with Crippen LogP contribution in [0.1, 0.15) is 35.2 Å². The van der Waals surface area contributed by atoms with Crippen LogP contribution in [-0.4, -0.2) is 10.9 Å². The molecule has 3 unspecified atom stereocenters. The van der Waals surface area contributed by atoms with Gasteiger partial charge in [0.1, 0.15) is 0 Å². The largest absolute Gasteiger partial charge is 0.343 e. The zero-order valence-electron chi connectivity index (χ0n) is 14.2. The van der Waals surface area contributed by atoms with Crippen molar-refractivity contribution >= 4 is 17.5 Å². The lowest BCUT2D eigenvalue weighted by molar-refractivity contribution is -0.122. The Hall–Kier alpha value is -2.65. The van der Waals surface area contributed by atoms with Crippen LogP contribution in [0.2, 0.25) is 5.02 Å². The minimum absolute atomic E-state index is 0.0372. The summed E-state index contributed by atoms with van der Waals surface area (Å²) >= 11 is 6.29. The van der Waals surface area contributed by atoms with Gasteiger partial charge in [-0.25, -0.2) is 0 Å². The van der Waals surface area contributed by atoms with Crippen molar-refractivity contribution in [2.45, 2.75) is 18.4 Å². The zero-order chi connectivity index (χ0) is 17.9. The van der Waals surface area contributed by atoms with Gasteiger partial charge in [-0.05, 0) is 41.7 Å². The molecule has 2 aromatic carbocycles.